The molecule has 4 rings (SSSR count). The normalized spacial score (nSPS) is 23.0. The van der Waals surface area contributed by atoms with Crippen LogP contribution in [0.25, 0.3) is 11.1 Å². The number of nitrogens with one attached hydrogen (secondary N) is 1. The Bertz CT molecular complexity index is 1010. The number of hydrogen-bond acceptors (Lipinski definition) is 4. The Morgan fingerprint density at radius 3 is 2.56 bits per heavy atom. The van der Waals surface area contributed by atoms with Gasteiger partial charge in [-0.15, -0.1) is 0 Å². The third kappa shape index (κ3) is 4.53. The van der Waals surface area contributed by atoms with Crippen LogP contribution in [0.3, 0.4) is 0 Å². The minimum Gasteiger partial charge on any atom is -0.361 e. The van der Waals surface area contributed by atoms with Gasteiger partial charge in [0, 0.05) is 33.5 Å². The summed E-state index contributed by atoms with van der Waals surface area (Å²) in [4.78, 5) is 41.1. The largest absolute Gasteiger partial charge is 0.361 e. The fourth-order valence-electron chi connectivity index (χ4n) is 4.53. The fraction of sp³-hybridized carbons (Fsp3) is 0.400. The van der Waals surface area contributed by atoms with Crippen molar-refractivity contribution in [2.75, 3.05) is 33.8 Å². The second-order valence-electron chi connectivity index (χ2n) is 8.70. The van der Waals surface area contributed by atoms with Gasteiger partial charge in [0.1, 0.15) is 6.04 Å². The molecular weight excluding hydrogens is 406 g/mol. The number of nitrogens with zero attached hydrogens (tertiary/aromatic N) is 2. The zero-order valence-corrected chi connectivity index (χ0v) is 18.5. The molecule has 2 heterocycles. The predicted octanol–water partition coefficient (Wildman–Crippen LogP) is 1.86. The van der Waals surface area contributed by atoms with Crippen molar-refractivity contribution in [3.05, 3.63) is 60.2 Å². The Morgan fingerprint density at radius 1 is 1.12 bits per heavy atom. The first kappa shape index (κ1) is 22.0. The van der Waals surface area contributed by atoms with Crippen LogP contribution in [0.5, 0.6) is 0 Å². The lowest BCUT2D eigenvalue weighted by atomic mass is 9.89. The number of amides is 3. The van der Waals surface area contributed by atoms with Gasteiger partial charge in [0.25, 0.3) is 5.91 Å². The van der Waals surface area contributed by atoms with Gasteiger partial charge < -0.3 is 19.9 Å². The first-order chi connectivity index (χ1) is 15.4. The maximum absolute atomic E-state index is 13.3. The van der Waals surface area contributed by atoms with Gasteiger partial charge >= 0.3 is 0 Å². The minimum atomic E-state index is -1.17. The molecule has 3 amide bonds. The molecule has 2 aromatic carbocycles. The second-order valence-corrected chi connectivity index (χ2v) is 8.70. The van der Waals surface area contributed by atoms with Crippen molar-refractivity contribution in [2.24, 2.45) is 0 Å². The summed E-state index contributed by atoms with van der Waals surface area (Å²) in [6.45, 7) is 0.826. The zero-order valence-electron chi connectivity index (χ0n) is 18.5. The van der Waals surface area contributed by atoms with E-state index in [1.807, 2.05) is 48.5 Å². The number of carbonyl (C=O) groups excluding carboxylic acids is 3. The molecule has 0 spiro atoms. The van der Waals surface area contributed by atoms with Gasteiger partial charge in [-0.05, 0) is 23.1 Å². The number of rotatable bonds is 5. The molecule has 7 heteroatoms. The van der Waals surface area contributed by atoms with E-state index in [1.165, 1.54) is 4.90 Å². The SMILES string of the molecule is CN(C)C(=O)[C@]1(Cc2cccc(-c3ccccc3)c2)CN(C(=O)[C@@H]2CCC(=O)N2)CCO1. The smallest absolute Gasteiger partial charge is 0.256 e. The van der Waals surface area contributed by atoms with Gasteiger partial charge in [0.15, 0.2) is 5.60 Å². The van der Waals surface area contributed by atoms with Gasteiger partial charge in [0.05, 0.1) is 13.2 Å². The van der Waals surface area contributed by atoms with Crippen LogP contribution in [0.1, 0.15) is 18.4 Å². The van der Waals surface area contributed by atoms with E-state index in [2.05, 4.69) is 11.4 Å². The molecule has 2 atom stereocenters. The van der Waals surface area contributed by atoms with Crippen LogP contribution in [0, 0.1) is 0 Å². The molecule has 7 nitrogen and oxygen atoms in total. The molecule has 0 saturated carbocycles. The number of likely N-dealkylation sites (N-methyl/N-ethyl adjacent to an activating group) is 1. The summed E-state index contributed by atoms with van der Waals surface area (Å²) in [5.74, 6) is -0.423. The van der Waals surface area contributed by atoms with Gasteiger partial charge in [-0.1, -0.05) is 54.6 Å². The molecule has 2 aliphatic rings. The molecule has 0 unspecified atom stereocenters. The molecule has 2 aliphatic heterocycles. The topological polar surface area (TPSA) is 79.0 Å². The Morgan fingerprint density at radius 2 is 1.88 bits per heavy atom. The summed E-state index contributed by atoms with van der Waals surface area (Å²) in [7, 11) is 3.40. The number of benzene rings is 2. The van der Waals surface area contributed by atoms with E-state index in [9.17, 15) is 14.4 Å². The molecule has 2 aromatic rings. The average Bonchev–Trinajstić information content (AvgIpc) is 3.25. The molecule has 0 radical (unpaired) electrons. The monoisotopic (exact) mass is 435 g/mol. The Balaban J connectivity index is 1.60. The van der Waals surface area contributed by atoms with Crippen molar-refractivity contribution >= 4 is 17.7 Å². The van der Waals surface area contributed by atoms with Crippen LogP contribution in [0.4, 0.5) is 0 Å². The minimum absolute atomic E-state index is 0.107. The highest BCUT2D eigenvalue weighted by Crippen LogP contribution is 2.29. The van der Waals surface area contributed by atoms with E-state index in [0.29, 0.717) is 25.8 Å². The van der Waals surface area contributed by atoms with Gasteiger partial charge in [-0.25, -0.2) is 0 Å². The van der Waals surface area contributed by atoms with E-state index < -0.39 is 11.6 Å². The van der Waals surface area contributed by atoms with Crippen molar-refractivity contribution < 1.29 is 19.1 Å². The Labute approximate surface area is 188 Å². The first-order valence-corrected chi connectivity index (χ1v) is 11.0. The van der Waals surface area contributed by atoms with Gasteiger partial charge in [-0.3, -0.25) is 14.4 Å². The quantitative estimate of drug-likeness (QED) is 0.778. The maximum Gasteiger partial charge on any atom is 0.256 e. The van der Waals surface area contributed by atoms with Crippen molar-refractivity contribution in [3.63, 3.8) is 0 Å². The van der Waals surface area contributed by atoms with E-state index in [1.54, 1.807) is 19.0 Å². The molecule has 2 fully saturated rings. The number of morpholine rings is 1. The highest BCUT2D eigenvalue weighted by Gasteiger charge is 2.47. The lowest BCUT2D eigenvalue weighted by molar-refractivity contribution is -0.173. The third-order valence-corrected chi connectivity index (χ3v) is 6.11. The summed E-state index contributed by atoms with van der Waals surface area (Å²) in [5.41, 5.74) is 1.95. The highest BCUT2D eigenvalue weighted by atomic mass is 16.5. The summed E-state index contributed by atoms with van der Waals surface area (Å²) in [6.07, 6.45) is 1.20. The van der Waals surface area contributed by atoms with Gasteiger partial charge in [-0.2, -0.15) is 0 Å². The average molecular weight is 436 g/mol. The summed E-state index contributed by atoms with van der Waals surface area (Å²) in [6, 6.07) is 17.6. The van der Waals surface area contributed by atoms with E-state index in [-0.39, 0.29) is 30.9 Å². The summed E-state index contributed by atoms with van der Waals surface area (Å²) < 4.78 is 6.13. The van der Waals surface area contributed by atoms with Crippen LogP contribution in [-0.4, -0.2) is 73.0 Å². The predicted molar refractivity (Wildman–Crippen MR) is 121 cm³/mol. The van der Waals surface area contributed by atoms with Crippen molar-refractivity contribution in [1.29, 1.82) is 0 Å². The number of carbonyl (C=O) groups is 3. The van der Waals surface area contributed by atoms with Crippen LogP contribution in [0.2, 0.25) is 0 Å². The Hall–Kier alpha value is -3.19. The van der Waals surface area contributed by atoms with Crippen molar-refractivity contribution in [3.8, 4) is 11.1 Å². The third-order valence-electron chi connectivity index (χ3n) is 6.11. The molecule has 32 heavy (non-hydrogen) atoms. The molecule has 0 bridgehead atoms. The van der Waals surface area contributed by atoms with E-state index in [0.717, 1.165) is 16.7 Å². The number of hydrogen-bond donors (Lipinski definition) is 1. The van der Waals surface area contributed by atoms with Crippen LogP contribution >= 0.6 is 0 Å². The van der Waals surface area contributed by atoms with E-state index >= 15 is 0 Å². The van der Waals surface area contributed by atoms with Gasteiger partial charge in [0.2, 0.25) is 11.8 Å². The maximum atomic E-state index is 13.3. The van der Waals surface area contributed by atoms with Crippen molar-refractivity contribution in [2.45, 2.75) is 30.9 Å². The van der Waals surface area contributed by atoms with Crippen molar-refractivity contribution in [1.82, 2.24) is 15.1 Å². The second kappa shape index (κ2) is 9.12. The molecule has 0 aliphatic carbocycles. The molecular formula is C25H29N3O4. The van der Waals surface area contributed by atoms with Crippen LogP contribution in [-0.2, 0) is 25.5 Å². The highest BCUT2D eigenvalue weighted by molar-refractivity contribution is 5.92. The zero-order chi connectivity index (χ0) is 22.7. The molecule has 0 aromatic heterocycles. The molecule has 168 valence electrons. The first-order valence-electron chi connectivity index (χ1n) is 11.0. The lowest BCUT2D eigenvalue weighted by Crippen LogP contribution is -2.63. The summed E-state index contributed by atoms with van der Waals surface area (Å²) >= 11 is 0. The summed E-state index contributed by atoms with van der Waals surface area (Å²) in [5, 5.41) is 2.74. The van der Waals surface area contributed by atoms with Crippen LogP contribution < -0.4 is 5.32 Å². The molecule has 2 saturated heterocycles. The molecule has 1 N–H and O–H groups in total. The Kier molecular flexibility index (Phi) is 6.28. The number of ether oxygens (including phenoxy) is 1. The lowest BCUT2D eigenvalue weighted by Gasteiger charge is -2.43. The standard InChI is InChI=1S/C25H29N3O4/c1-27(2)24(31)25(16-18-7-6-10-20(15-18)19-8-4-3-5-9-19)17-28(13-14-32-25)23(30)21-11-12-22(29)26-21/h3-10,15,21H,11-14,16-17H2,1-2H3,(H,26,29)/t21-,25-/m0/s1. The van der Waals surface area contributed by atoms with E-state index in [4.69, 9.17) is 4.74 Å². The fourth-order valence-corrected chi connectivity index (χ4v) is 4.53. The van der Waals surface area contributed by atoms with Crippen LogP contribution in [0.15, 0.2) is 54.6 Å².